The number of fused-ring (bicyclic) bond motifs is 8. The summed E-state index contributed by atoms with van der Waals surface area (Å²) >= 11 is 1.82. The van der Waals surface area contributed by atoms with Gasteiger partial charge in [-0.25, -0.2) is 9.98 Å². The van der Waals surface area contributed by atoms with Crippen molar-refractivity contribution in [2.24, 2.45) is 15.9 Å². The molecule has 2 atom stereocenters. The fourth-order valence-corrected chi connectivity index (χ4v) is 8.82. The molecule has 2 unspecified atom stereocenters. The first-order valence-corrected chi connectivity index (χ1v) is 18.2. The first kappa shape index (κ1) is 30.3. The van der Waals surface area contributed by atoms with E-state index < -0.39 is 6.04 Å². The first-order valence-electron chi connectivity index (χ1n) is 17.3. The van der Waals surface area contributed by atoms with Gasteiger partial charge in [0.05, 0.1) is 21.4 Å². The highest BCUT2D eigenvalue weighted by atomic mass is 32.1. The predicted molar refractivity (Wildman–Crippen MR) is 216 cm³/mol. The molecule has 0 saturated carbocycles. The molecule has 240 valence electrons. The zero-order valence-corrected chi connectivity index (χ0v) is 28.7. The average molecular weight is 662 g/mol. The van der Waals surface area contributed by atoms with Crippen molar-refractivity contribution in [3.05, 3.63) is 151 Å². The molecule has 2 aromatic heterocycles. The number of rotatable bonds is 5. The topological polar surface area (TPSA) is 29.6 Å². The quantitative estimate of drug-likeness (QED) is 0.0998. The number of aliphatic imine (C=N–C) groups is 2. The molecule has 0 saturated heterocycles. The van der Waals surface area contributed by atoms with E-state index >= 15 is 0 Å². The maximum absolute atomic E-state index is 6.25. The van der Waals surface area contributed by atoms with Crippen molar-refractivity contribution in [3.63, 3.8) is 0 Å². The number of nitrogens with zero attached hydrogens (tertiary/aromatic N) is 3. The molecule has 0 bridgehead atoms. The number of thiophene rings is 1. The van der Waals surface area contributed by atoms with Gasteiger partial charge < -0.3 is 4.57 Å². The van der Waals surface area contributed by atoms with Crippen molar-refractivity contribution >= 4 is 75.6 Å². The van der Waals surface area contributed by atoms with Gasteiger partial charge in [-0.15, -0.1) is 17.8 Å². The molecule has 2 aliphatic carbocycles. The van der Waals surface area contributed by atoms with Crippen molar-refractivity contribution in [2.45, 2.75) is 32.2 Å². The standard InChI is InChI=1S/C46H35N3S/c1-3-39(48-46(33-18-8-5-9-19-33)47-30(2)31-15-6-4-7-16-31)34-25-27-36-37-22-14-24-42(45(37)50-43(36)29-34)49-40-23-13-12-21-38(40)44-35-20-11-10-17-32(35)26-28-41(44)49/h1,4,6-8,10-15,17-29,31,39H,5,9,16H2,2H3/b47-30+,48-46-. The molecule has 9 rings (SSSR count). The van der Waals surface area contributed by atoms with Crippen molar-refractivity contribution < 1.29 is 0 Å². The van der Waals surface area contributed by atoms with Crippen LogP contribution in [0.15, 0.2) is 155 Å². The monoisotopic (exact) mass is 661 g/mol. The van der Waals surface area contributed by atoms with Crippen LogP contribution in [-0.4, -0.2) is 16.1 Å². The van der Waals surface area contributed by atoms with Gasteiger partial charge >= 0.3 is 0 Å². The van der Waals surface area contributed by atoms with E-state index in [1.165, 1.54) is 58.4 Å². The Morgan fingerprint density at radius 1 is 0.840 bits per heavy atom. The molecule has 7 aromatic rings. The van der Waals surface area contributed by atoms with E-state index in [-0.39, 0.29) is 5.92 Å². The van der Waals surface area contributed by atoms with Gasteiger partial charge in [0.1, 0.15) is 6.04 Å². The Balaban J connectivity index is 1.18. The molecule has 2 heterocycles. The number of terminal acetylenes is 1. The Morgan fingerprint density at radius 3 is 2.54 bits per heavy atom. The molecular weight excluding hydrogens is 627 g/mol. The number of para-hydroxylation sites is 1. The highest BCUT2D eigenvalue weighted by Crippen LogP contribution is 2.43. The lowest BCUT2D eigenvalue weighted by Gasteiger charge is -2.16. The molecule has 2 aliphatic rings. The maximum Gasteiger partial charge on any atom is 0.155 e. The maximum atomic E-state index is 6.25. The number of hydrogen-bond donors (Lipinski definition) is 0. The second-order valence-corrected chi connectivity index (χ2v) is 14.2. The summed E-state index contributed by atoms with van der Waals surface area (Å²) in [4.78, 5) is 10.3. The second kappa shape index (κ2) is 12.6. The average Bonchev–Trinajstić information content (AvgIpc) is 3.73. The number of allylic oxidation sites excluding steroid dienone is 6. The van der Waals surface area contributed by atoms with Gasteiger partial charge in [0.15, 0.2) is 5.84 Å². The summed E-state index contributed by atoms with van der Waals surface area (Å²) in [5, 5.41) is 7.56. The SMILES string of the molecule is C#CC(/N=C(\N=C(/C)C1C=CC=CC1)C1=CCCC=C1)c1ccc2c(c1)sc1c(-n3c4ccccc4c4c5ccccc5ccc43)cccc12. The van der Waals surface area contributed by atoms with Crippen molar-refractivity contribution in [1.82, 2.24) is 4.57 Å². The molecule has 0 N–H and O–H groups in total. The Hall–Kier alpha value is -5.76. The minimum atomic E-state index is -0.459. The lowest BCUT2D eigenvalue weighted by Crippen LogP contribution is -2.13. The molecule has 3 nitrogen and oxygen atoms in total. The molecule has 0 spiro atoms. The minimum absolute atomic E-state index is 0.264. The summed E-state index contributed by atoms with van der Waals surface area (Å²) in [5.74, 6) is 3.97. The van der Waals surface area contributed by atoms with Gasteiger partial charge in [-0.1, -0.05) is 121 Å². The van der Waals surface area contributed by atoms with Crippen LogP contribution in [0.1, 0.15) is 37.8 Å². The third-order valence-corrected chi connectivity index (χ3v) is 11.3. The first-order chi connectivity index (χ1) is 24.7. The second-order valence-electron chi connectivity index (χ2n) is 13.1. The van der Waals surface area contributed by atoms with E-state index in [1.54, 1.807) is 0 Å². The lowest BCUT2D eigenvalue weighted by atomic mass is 9.96. The lowest BCUT2D eigenvalue weighted by molar-refractivity contribution is 0.863. The number of amidine groups is 1. The smallest absolute Gasteiger partial charge is 0.155 e. The molecular formula is C46H35N3S. The Labute approximate surface area is 296 Å². The van der Waals surface area contributed by atoms with E-state index in [4.69, 9.17) is 16.4 Å². The number of benzene rings is 5. The van der Waals surface area contributed by atoms with Crippen LogP contribution in [0.25, 0.3) is 58.4 Å². The molecule has 0 amide bonds. The van der Waals surface area contributed by atoms with Crippen LogP contribution >= 0.6 is 11.3 Å². The molecule has 0 radical (unpaired) electrons. The third-order valence-electron chi connectivity index (χ3n) is 10.1. The van der Waals surface area contributed by atoms with E-state index in [2.05, 4.69) is 157 Å². The normalized spacial score (nSPS) is 17.3. The van der Waals surface area contributed by atoms with Crippen LogP contribution in [0.5, 0.6) is 0 Å². The van der Waals surface area contributed by atoms with E-state index in [9.17, 15) is 0 Å². The fraction of sp³-hybridized carbons (Fsp3) is 0.130. The van der Waals surface area contributed by atoms with Gasteiger partial charge in [0, 0.05) is 43.4 Å². The predicted octanol–water partition coefficient (Wildman–Crippen LogP) is 12.2. The van der Waals surface area contributed by atoms with Crippen LogP contribution in [0.3, 0.4) is 0 Å². The van der Waals surface area contributed by atoms with Crippen molar-refractivity contribution in [3.8, 4) is 18.0 Å². The Kier molecular flexibility index (Phi) is 7.64. The minimum Gasteiger partial charge on any atom is -0.308 e. The van der Waals surface area contributed by atoms with Gasteiger partial charge in [0.25, 0.3) is 0 Å². The molecule has 0 fully saturated rings. The van der Waals surface area contributed by atoms with E-state index in [1.807, 2.05) is 11.3 Å². The van der Waals surface area contributed by atoms with Crippen molar-refractivity contribution in [2.75, 3.05) is 0 Å². The zero-order chi connectivity index (χ0) is 33.6. The van der Waals surface area contributed by atoms with Crippen LogP contribution in [0.4, 0.5) is 0 Å². The van der Waals surface area contributed by atoms with Crippen LogP contribution in [-0.2, 0) is 0 Å². The largest absolute Gasteiger partial charge is 0.308 e. The highest BCUT2D eigenvalue weighted by molar-refractivity contribution is 7.26. The molecule has 50 heavy (non-hydrogen) atoms. The van der Waals surface area contributed by atoms with Gasteiger partial charge in [-0.05, 0) is 66.8 Å². The highest BCUT2D eigenvalue weighted by Gasteiger charge is 2.20. The molecule has 5 aromatic carbocycles. The third kappa shape index (κ3) is 5.14. The van der Waals surface area contributed by atoms with Crippen molar-refractivity contribution in [1.29, 1.82) is 0 Å². The number of hydrogen-bond acceptors (Lipinski definition) is 2. The summed E-state index contributed by atoms with van der Waals surface area (Å²) in [6, 6.07) is 34.8. The molecule has 0 aliphatic heterocycles. The van der Waals surface area contributed by atoms with E-state index in [0.717, 1.165) is 36.1 Å². The number of aromatic nitrogens is 1. The van der Waals surface area contributed by atoms with Crippen LogP contribution < -0.4 is 0 Å². The van der Waals surface area contributed by atoms with Gasteiger partial charge in [0.2, 0.25) is 0 Å². The molecule has 4 heteroatoms. The Bertz CT molecular complexity index is 2720. The summed E-state index contributed by atoms with van der Waals surface area (Å²) in [5.41, 5.74) is 6.70. The fourth-order valence-electron chi connectivity index (χ4n) is 7.56. The van der Waals surface area contributed by atoms with Crippen LogP contribution in [0, 0.1) is 18.3 Å². The van der Waals surface area contributed by atoms with Gasteiger partial charge in [-0.3, -0.25) is 0 Å². The summed E-state index contributed by atoms with van der Waals surface area (Å²) < 4.78 is 4.90. The summed E-state index contributed by atoms with van der Waals surface area (Å²) in [6.45, 7) is 2.10. The zero-order valence-electron chi connectivity index (χ0n) is 27.9. The summed E-state index contributed by atoms with van der Waals surface area (Å²) in [6.07, 6.45) is 24.4. The van der Waals surface area contributed by atoms with Gasteiger partial charge in [-0.2, -0.15) is 0 Å². The summed E-state index contributed by atoms with van der Waals surface area (Å²) in [7, 11) is 0. The van der Waals surface area contributed by atoms with E-state index in [0.29, 0.717) is 5.84 Å². The van der Waals surface area contributed by atoms with Crippen LogP contribution in [0.2, 0.25) is 0 Å². The Morgan fingerprint density at radius 2 is 1.70 bits per heavy atom.